The topological polar surface area (TPSA) is 92.2 Å². The smallest absolute Gasteiger partial charge is 0.191 e. The molecule has 0 aliphatic heterocycles. The lowest BCUT2D eigenvalue weighted by Crippen LogP contribution is -2.39. The van der Waals surface area contributed by atoms with Crippen LogP contribution >= 0.6 is 0 Å². The van der Waals surface area contributed by atoms with E-state index in [9.17, 15) is 5.11 Å². The molecule has 2 aromatic rings. The monoisotopic (exact) mass is 363 g/mol. The van der Waals surface area contributed by atoms with Crippen LogP contribution in [0.25, 0.3) is 0 Å². The molecule has 7 nitrogen and oxygen atoms in total. The van der Waals surface area contributed by atoms with E-state index in [1.54, 1.807) is 19.3 Å². The highest BCUT2D eigenvalue weighted by Crippen LogP contribution is 2.22. The highest BCUT2D eigenvalue weighted by molar-refractivity contribution is 5.79. The standard InChI is InChI=1S/C19H29N3O4/c1-4-20-18(21-10-6-11-24-13-16-7-5-12-25-16)22-14-19(3,23)17-9-8-15(2)26-17/h5,7-9,12,23H,4,6,10-11,13-14H2,1-3H3,(H2,20,21,22). The Balaban J connectivity index is 1.73. The van der Waals surface area contributed by atoms with Gasteiger partial charge in [0.25, 0.3) is 0 Å². The molecule has 0 aromatic carbocycles. The first kappa shape index (κ1) is 20.1. The Bertz CT molecular complexity index is 662. The molecule has 0 bridgehead atoms. The number of hydrogen-bond acceptors (Lipinski definition) is 5. The number of aryl methyl sites for hydroxylation is 1. The molecule has 0 saturated carbocycles. The van der Waals surface area contributed by atoms with E-state index in [1.165, 1.54) is 0 Å². The second-order valence-electron chi connectivity index (χ2n) is 6.29. The van der Waals surface area contributed by atoms with Gasteiger partial charge in [0, 0.05) is 19.7 Å². The summed E-state index contributed by atoms with van der Waals surface area (Å²) in [5.74, 6) is 2.76. The lowest BCUT2D eigenvalue weighted by Gasteiger charge is -2.19. The Kier molecular flexibility index (Phi) is 7.74. The van der Waals surface area contributed by atoms with Gasteiger partial charge < -0.3 is 29.3 Å². The number of hydrogen-bond donors (Lipinski definition) is 3. The van der Waals surface area contributed by atoms with Crippen LogP contribution in [0.2, 0.25) is 0 Å². The maximum absolute atomic E-state index is 10.6. The van der Waals surface area contributed by atoms with Crippen LogP contribution in [0.5, 0.6) is 0 Å². The number of aliphatic imine (C=N–C) groups is 1. The fraction of sp³-hybridized carbons (Fsp3) is 0.526. The van der Waals surface area contributed by atoms with Gasteiger partial charge >= 0.3 is 0 Å². The van der Waals surface area contributed by atoms with E-state index in [-0.39, 0.29) is 6.54 Å². The molecule has 0 aliphatic carbocycles. The zero-order valence-electron chi connectivity index (χ0n) is 15.7. The zero-order chi connectivity index (χ0) is 18.8. The van der Waals surface area contributed by atoms with Crippen molar-refractivity contribution in [1.82, 2.24) is 10.6 Å². The summed E-state index contributed by atoms with van der Waals surface area (Å²) in [7, 11) is 0. The molecule has 2 rings (SSSR count). The Morgan fingerprint density at radius 3 is 2.81 bits per heavy atom. The molecule has 0 spiro atoms. The first-order chi connectivity index (χ1) is 12.5. The minimum absolute atomic E-state index is 0.199. The predicted molar refractivity (Wildman–Crippen MR) is 100.0 cm³/mol. The summed E-state index contributed by atoms with van der Waals surface area (Å²) in [5.41, 5.74) is -1.15. The van der Waals surface area contributed by atoms with Crippen LogP contribution in [0, 0.1) is 6.92 Å². The van der Waals surface area contributed by atoms with E-state index in [1.807, 2.05) is 32.0 Å². The quantitative estimate of drug-likeness (QED) is 0.341. The van der Waals surface area contributed by atoms with Gasteiger partial charge in [-0.1, -0.05) is 0 Å². The van der Waals surface area contributed by atoms with Crippen molar-refractivity contribution in [2.24, 2.45) is 4.99 Å². The molecule has 0 radical (unpaired) electrons. The van der Waals surface area contributed by atoms with Gasteiger partial charge in [-0.15, -0.1) is 0 Å². The first-order valence-corrected chi connectivity index (χ1v) is 8.93. The Morgan fingerprint density at radius 2 is 2.15 bits per heavy atom. The minimum atomic E-state index is -1.15. The third-order valence-electron chi connectivity index (χ3n) is 3.74. The summed E-state index contributed by atoms with van der Waals surface area (Å²) in [4.78, 5) is 4.46. The first-order valence-electron chi connectivity index (χ1n) is 8.93. The van der Waals surface area contributed by atoms with E-state index in [2.05, 4.69) is 15.6 Å². The van der Waals surface area contributed by atoms with E-state index >= 15 is 0 Å². The Hall–Kier alpha value is -2.25. The van der Waals surface area contributed by atoms with Crippen molar-refractivity contribution < 1.29 is 18.7 Å². The van der Waals surface area contributed by atoms with Crippen molar-refractivity contribution in [2.45, 2.75) is 39.4 Å². The fourth-order valence-electron chi connectivity index (χ4n) is 2.33. The van der Waals surface area contributed by atoms with E-state index in [4.69, 9.17) is 13.6 Å². The van der Waals surface area contributed by atoms with E-state index in [0.717, 1.165) is 24.5 Å². The number of furan rings is 2. The third-order valence-corrected chi connectivity index (χ3v) is 3.74. The largest absolute Gasteiger partial charge is 0.467 e. The highest BCUT2D eigenvalue weighted by Gasteiger charge is 2.26. The molecule has 2 aromatic heterocycles. The van der Waals surface area contributed by atoms with Crippen LogP contribution in [0.3, 0.4) is 0 Å². The number of nitrogens with one attached hydrogen (secondary N) is 2. The number of rotatable bonds is 10. The maximum atomic E-state index is 10.6. The van der Waals surface area contributed by atoms with Gasteiger partial charge in [0.1, 0.15) is 29.5 Å². The van der Waals surface area contributed by atoms with Crippen LogP contribution in [-0.4, -0.2) is 37.3 Å². The van der Waals surface area contributed by atoms with Crippen molar-refractivity contribution in [2.75, 3.05) is 26.2 Å². The summed E-state index contributed by atoms with van der Waals surface area (Å²) in [6.45, 7) is 8.29. The molecule has 1 unspecified atom stereocenters. The molecular weight excluding hydrogens is 334 g/mol. The van der Waals surface area contributed by atoms with Crippen LogP contribution in [-0.2, 0) is 16.9 Å². The van der Waals surface area contributed by atoms with Crippen LogP contribution in [0.4, 0.5) is 0 Å². The maximum Gasteiger partial charge on any atom is 0.191 e. The van der Waals surface area contributed by atoms with Gasteiger partial charge in [-0.2, -0.15) is 0 Å². The van der Waals surface area contributed by atoms with Gasteiger partial charge in [-0.3, -0.25) is 0 Å². The average molecular weight is 363 g/mol. The molecule has 26 heavy (non-hydrogen) atoms. The number of nitrogens with zero attached hydrogens (tertiary/aromatic N) is 1. The number of aliphatic hydroxyl groups is 1. The summed E-state index contributed by atoms with van der Waals surface area (Å²) >= 11 is 0. The number of ether oxygens (including phenoxy) is 1. The van der Waals surface area contributed by atoms with Gasteiger partial charge in [0.2, 0.25) is 0 Å². The normalized spacial score (nSPS) is 14.2. The van der Waals surface area contributed by atoms with Crippen molar-refractivity contribution in [3.05, 3.63) is 47.8 Å². The van der Waals surface area contributed by atoms with Crippen molar-refractivity contribution >= 4 is 5.96 Å². The van der Waals surface area contributed by atoms with Gasteiger partial charge in [-0.25, -0.2) is 4.99 Å². The van der Waals surface area contributed by atoms with Crippen LogP contribution in [0.15, 0.2) is 44.4 Å². The Labute approximate surface area is 154 Å². The highest BCUT2D eigenvalue weighted by atomic mass is 16.5. The second kappa shape index (κ2) is 10.0. The second-order valence-corrected chi connectivity index (χ2v) is 6.29. The number of guanidine groups is 1. The van der Waals surface area contributed by atoms with Crippen molar-refractivity contribution in [3.8, 4) is 0 Å². The van der Waals surface area contributed by atoms with E-state index in [0.29, 0.717) is 31.5 Å². The SMILES string of the molecule is CCNC(=NCC(C)(O)c1ccc(C)o1)NCCCOCc1ccco1. The minimum Gasteiger partial charge on any atom is -0.467 e. The molecule has 3 N–H and O–H groups in total. The van der Waals surface area contributed by atoms with Crippen molar-refractivity contribution in [1.29, 1.82) is 0 Å². The lowest BCUT2D eigenvalue weighted by atomic mass is 10.0. The van der Waals surface area contributed by atoms with Crippen LogP contribution < -0.4 is 10.6 Å². The van der Waals surface area contributed by atoms with Crippen molar-refractivity contribution in [3.63, 3.8) is 0 Å². The molecule has 0 fully saturated rings. The van der Waals surface area contributed by atoms with Crippen LogP contribution in [0.1, 0.15) is 37.5 Å². The fourth-order valence-corrected chi connectivity index (χ4v) is 2.33. The third kappa shape index (κ3) is 6.57. The summed E-state index contributed by atoms with van der Waals surface area (Å²) in [6.07, 6.45) is 2.47. The molecule has 144 valence electrons. The zero-order valence-corrected chi connectivity index (χ0v) is 15.7. The molecular formula is C19H29N3O4. The molecule has 0 aliphatic rings. The molecule has 0 amide bonds. The molecule has 0 saturated heterocycles. The summed E-state index contributed by atoms with van der Waals surface area (Å²) < 4.78 is 16.3. The van der Waals surface area contributed by atoms with E-state index < -0.39 is 5.60 Å². The average Bonchev–Trinajstić information content (AvgIpc) is 3.27. The predicted octanol–water partition coefficient (Wildman–Crippen LogP) is 2.55. The van der Waals surface area contributed by atoms with Gasteiger partial charge in [-0.05, 0) is 51.5 Å². The Morgan fingerprint density at radius 1 is 1.31 bits per heavy atom. The molecule has 1 atom stereocenters. The summed E-state index contributed by atoms with van der Waals surface area (Å²) in [5, 5.41) is 17.0. The summed E-state index contributed by atoms with van der Waals surface area (Å²) in [6, 6.07) is 7.35. The molecule has 7 heteroatoms. The van der Waals surface area contributed by atoms with Gasteiger partial charge in [0.05, 0.1) is 12.8 Å². The molecule has 2 heterocycles. The van der Waals surface area contributed by atoms with Gasteiger partial charge in [0.15, 0.2) is 5.96 Å². The lowest BCUT2D eigenvalue weighted by molar-refractivity contribution is 0.0428.